The smallest absolute Gasteiger partial charge is 0.343 e. The number of benzene rings is 2. The minimum atomic E-state index is -0.407. The Morgan fingerprint density at radius 1 is 1.00 bits per heavy atom. The number of hydrogen-bond acceptors (Lipinski definition) is 3. The highest BCUT2D eigenvalue weighted by Gasteiger charge is 2.08. The van der Waals surface area contributed by atoms with E-state index in [2.05, 4.69) is 0 Å². The Hall–Kier alpha value is -2.62. The quantitative estimate of drug-likeness (QED) is 0.382. The van der Waals surface area contributed by atoms with Crippen LogP contribution >= 0.6 is 0 Å². The van der Waals surface area contributed by atoms with Crippen molar-refractivity contribution in [3.05, 3.63) is 65.2 Å². The van der Waals surface area contributed by atoms with Gasteiger partial charge < -0.3 is 10.5 Å². The van der Waals surface area contributed by atoms with E-state index in [-0.39, 0.29) is 5.84 Å². The van der Waals surface area contributed by atoms with Crippen molar-refractivity contribution in [1.82, 2.24) is 0 Å². The zero-order chi connectivity index (χ0) is 13.8. The molecule has 0 saturated carbocycles. The molecule has 2 aromatic carbocycles. The number of esters is 1. The van der Waals surface area contributed by atoms with E-state index in [0.29, 0.717) is 16.9 Å². The van der Waals surface area contributed by atoms with Gasteiger partial charge >= 0.3 is 5.97 Å². The first-order valence-electron chi connectivity index (χ1n) is 5.79. The number of nitrogens with two attached hydrogens (primary N) is 1. The number of amidine groups is 1. The van der Waals surface area contributed by atoms with Crippen LogP contribution in [0.5, 0.6) is 5.75 Å². The molecule has 3 N–H and O–H groups in total. The van der Waals surface area contributed by atoms with Crippen LogP contribution in [-0.4, -0.2) is 11.8 Å². The molecule has 0 bridgehead atoms. The van der Waals surface area contributed by atoms with Gasteiger partial charge in [-0.2, -0.15) is 0 Å². The molecule has 2 rings (SSSR count). The van der Waals surface area contributed by atoms with Gasteiger partial charge in [0.05, 0.1) is 5.56 Å². The van der Waals surface area contributed by atoms with Gasteiger partial charge in [-0.1, -0.05) is 17.7 Å². The molecule has 4 heteroatoms. The average Bonchev–Trinajstić information content (AvgIpc) is 2.40. The van der Waals surface area contributed by atoms with Crippen molar-refractivity contribution in [2.75, 3.05) is 0 Å². The summed E-state index contributed by atoms with van der Waals surface area (Å²) in [5.41, 5.74) is 7.53. The maximum Gasteiger partial charge on any atom is 0.343 e. The minimum Gasteiger partial charge on any atom is -0.423 e. The number of hydrogen-bond donors (Lipinski definition) is 2. The number of nitrogen functional groups attached to an aromatic ring is 1. The SMILES string of the molecule is Cc1ccc(C(=O)Oc2ccc(C(=N)N)cc2)cc1. The number of ether oxygens (including phenoxy) is 1. The standard InChI is InChI=1S/C15H14N2O2/c1-10-2-4-12(5-3-10)15(18)19-13-8-6-11(7-9-13)14(16)17/h2-9H,1H3,(H3,16,17). The number of aryl methyl sites for hydroxylation is 1. The van der Waals surface area contributed by atoms with Crippen LogP contribution in [0.25, 0.3) is 0 Å². The van der Waals surface area contributed by atoms with Crippen LogP contribution < -0.4 is 10.5 Å². The first-order chi connectivity index (χ1) is 9.06. The summed E-state index contributed by atoms with van der Waals surface area (Å²) in [4.78, 5) is 11.9. The van der Waals surface area contributed by atoms with E-state index >= 15 is 0 Å². The summed E-state index contributed by atoms with van der Waals surface area (Å²) in [7, 11) is 0. The molecule has 0 fully saturated rings. The molecule has 0 aromatic heterocycles. The zero-order valence-electron chi connectivity index (χ0n) is 10.5. The highest BCUT2D eigenvalue weighted by molar-refractivity contribution is 5.95. The Morgan fingerprint density at radius 2 is 1.53 bits per heavy atom. The second-order valence-corrected chi connectivity index (χ2v) is 4.19. The molecule has 0 radical (unpaired) electrons. The van der Waals surface area contributed by atoms with Gasteiger partial charge in [0, 0.05) is 5.56 Å². The van der Waals surface area contributed by atoms with Crippen molar-refractivity contribution >= 4 is 11.8 Å². The van der Waals surface area contributed by atoms with Gasteiger partial charge in [0.1, 0.15) is 11.6 Å². The van der Waals surface area contributed by atoms with Crippen LogP contribution in [0, 0.1) is 12.3 Å². The van der Waals surface area contributed by atoms with E-state index in [1.165, 1.54) is 0 Å². The van der Waals surface area contributed by atoms with Crippen LogP contribution in [0.4, 0.5) is 0 Å². The van der Waals surface area contributed by atoms with Gasteiger partial charge in [-0.05, 0) is 43.3 Å². The largest absolute Gasteiger partial charge is 0.423 e. The highest BCUT2D eigenvalue weighted by atomic mass is 16.5. The van der Waals surface area contributed by atoms with E-state index in [0.717, 1.165) is 5.56 Å². The topological polar surface area (TPSA) is 76.2 Å². The van der Waals surface area contributed by atoms with Crippen molar-refractivity contribution in [2.24, 2.45) is 5.73 Å². The Labute approximate surface area is 111 Å². The summed E-state index contributed by atoms with van der Waals surface area (Å²) < 4.78 is 5.22. The predicted molar refractivity (Wildman–Crippen MR) is 73.6 cm³/mol. The van der Waals surface area contributed by atoms with Crippen molar-refractivity contribution in [3.63, 3.8) is 0 Å². The molecule has 0 aliphatic carbocycles. The van der Waals surface area contributed by atoms with Crippen molar-refractivity contribution in [2.45, 2.75) is 6.92 Å². The normalized spacial score (nSPS) is 9.95. The van der Waals surface area contributed by atoms with Crippen LogP contribution in [0.1, 0.15) is 21.5 Å². The molecular weight excluding hydrogens is 240 g/mol. The van der Waals surface area contributed by atoms with Crippen LogP contribution in [0.2, 0.25) is 0 Å². The second kappa shape index (κ2) is 5.35. The van der Waals surface area contributed by atoms with Crippen molar-refractivity contribution in [1.29, 1.82) is 5.41 Å². The maximum atomic E-state index is 11.9. The molecule has 0 unspecified atom stereocenters. The fourth-order valence-corrected chi connectivity index (χ4v) is 1.56. The Balaban J connectivity index is 2.10. The van der Waals surface area contributed by atoms with Gasteiger partial charge in [0.25, 0.3) is 0 Å². The molecule has 96 valence electrons. The lowest BCUT2D eigenvalue weighted by atomic mass is 10.1. The molecule has 0 amide bonds. The number of carbonyl (C=O) groups is 1. The Kier molecular flexibility index (Phi) is 3.61. The summed E-state index contributed by atoms with van der Waals surface area (Å²) >= 11 is 0. The third-order valence-corrected chi connectivity index (χ3v) is 2.66. The molecular formula is C15H14N2O2. The van der Waals surface area contributed by atoms with E-state index in [4.69, 9.17) is 15.9 Å². The maximum absolute atomic E-state index is 11.9. The van der Waals surface area contributed by atoms with E-state index in [1.54, 1.807) is 36.4 Å². The molecule has 0 spiro atoms. The lowest BCUT2D eigenvalue weighted by Gasteiger charge is -2.05. The van der Waals surface area contributed by atoms with Gasteiger partial charge in [-0.25, -0.2) is 4.79 Å². The lowest BCUT2D eigenvalue weighted by molar-refractivity contribution is 0.0735. The van der Waals surface area contributed by atoms with E-state index in [9.17, 15) is 4.79 Å². The summed E-state index contributed by atoms with van der Waals surface area (Å²) in [6.45, 7) is 1.95. The Bertz CT molecular complexity index is 601. The van der Waals surface area contributed by atoms with Gasteiger partial charge in [-0.15, -0.1) is 0 Å². The van der Waals surface area contributed by atoms with Gasteiger partial charge in [0.15, 0.2) is 0 Å². The molecule has 0 heterocycles. The van der Waals surface area contributed by atoms with Crippen molar-refractivity contribution in [3.8, 4) is 5.75 Å². The van der Waals surface area contributed by atoms with E-state index in [1.807, 2.05) is 19.1 Å². The number of rotatable bonds is 3. The number of carbonyl (C=O) groups excluding carboxylic acids is 1. The summed E-state index contributed by atoms with van der Waals surface area (Å²) in [5.74, 6) is 0.00237. The highest BCUT2D eigenvalue weighted by Crippen LogP contribution is 2.14. The van der Waals surface area contributed by atoms with Crippen LogP contribution in [0.3, 0.4) is 0 Å². The second-order valence-electron chi connectivity index (χ2n) is 4.19. The van der Waals surface area contributed by atoms with E-state index < -0.39 is 5.97 Å². The fraction of sp³-hybridized carbons (Fsp3) is 0.0667. The zero-order valence-corrected chi connectivity index (χ0v) is 10.5. The molecule has 19 heavy (non-hydrogen) atoms. The van der Waals surface area contributed by atoms with Gasteiger partial charge in [-0.3, -0.25) is 5.41 Å². The summed E-state index contributed by atoms with van der Waals surface area (Å²) in [6, 6.07) is 13.7. The predicted octanol–water partition coefficient (Wildman–Crippen LogP) is 2.50. The van der Waals surface area contributed by atoms with Crippen LogP contribution in [-0.2, 0) is 0 Å². The molecule has 0 atom stereocenters. The molecule has 0 aliphatic rings. The Morgan fingerprint density at radius 3 is 2.05 bits per heavy atom. The number of nitrogens with one attached hydrogen (secondary N) is 1. The minimum absolute atomic E-state index is 0.0172. The van der Waals surface area contributed by atoms with Crippen molar-refractivity contribution < 1.29 is 9.53 Å². The third-order valence-electron chi connectivity index (χ3n) is 2.66. The fourth-order valence-electron chi connectivity index (χ4n) is 1.56. The molecule has 0 saturated heterocycles. The first-order valence-corrected chi connectivity index (χ1v) is 5.79. The first kappa shape index (κ1) is 12.8. The molecule has 4 nitrogen and oxygen atoms in total. The lowest BCUT2D eigenvalue weighted by Crippen LogP contribution is -2.11. The monoisotopic (exact) mass is 254 g/mol. The third kappa shape index (κ3) is 3.19. The molecule has 0 aliphatic heterocycles. The molecule has 2 aromatic rings. The summed E-state index contributed by atoms with van der Waals surface area (Å²) in [5, 5.41) is 7.27. The van der Waals surface area contributed by atoms with Crippen LogP contribution in [0.15, 0.2) is 48.5 Å². The summed E-state index contributed by atoms with van der Waals surface area (Å²) in [6.07, 6.45) is 0. The average molecular weight is 254 g/mol. The van der Waals surface area contributed by atoms with Gasteiger partial charge in [0.2, 0.25) is 0 Å².